The van der Waals surface area contributed by atoms with E-state index in [0.29, 0.717) is 18.9 Å². The van der Waals surface area contributed by atoms with Gasteiger partial charge in [0, 0.05) is 52.3 Å². The summed E-state index contributed by atoms with van der Waals surface area (Å²) >= 11 is 3.76. The molecule has 244 valence electrons. The fraction of sp³-hybridized carbons (Fsp3) is 0.343. The van der Waals surface area contributed by atoms with Crippen molar-refractivity contribution in [2.45, 2.75) is 45.1 Å². The minimum atomic E-state index is -1.27. The molecule has 5 rings (SSSR count). The van der Waals surface area contributed by atoms with Crippen LogP contribution >= 0.6 is 26.2 Å². The summed E-state index contributed by atoms with van der Waals surface area (Å²) in [6.07, 6.45) is 9.76. The molecule has 0 amide bonds. The summed E-state index contributed by atoms with van der Waals surface area (Å²) in [6, 6.07) is 18.0. The molecule has 2 heterocycles. The SMILES string of the molecule is COc1ccc(CNc2cnnc3cc(-c4cc(Br)c(OCC(C)OS(C)(C)C(C)(C)C)cc4-n4cccn4)ccc23)c(OC)c1. The highest BCUT2D eigenvalue weighted by Gasteiger charge is 2.30. The Kier molecular flexibility index (Phi) is 10.1. The van der Waals surface area contributed by atoms with E-state index in [9.17, 15) is 0 Å². The van der Waals surface area contributed by atoms with E-state index in [-0.39, 0.29) is 10.9 Å². The Hall–Kier alpha value is -3.80. The van der Waals surface area contributed by atoms with Crippen LogP contribution < -0.4 is 19.5 Å². The number of methoxy groups -OCH3 is 2. The van der Waals surface area contributed by atoms with Gasteiger partial charge in [-0.05, 0) is 77.3 Å². The number of benzene rings is 3. The molecule has 0 aliphatic rings. The standard InChI is InChI=1S/C35H42BrN5O4S/c1-23(45-46(7,8)35(2,3)4)22-44-34-19-32(41-15-9-14-39-41)28(18-29(34)36)24-11-13-27-30(16-24)40-38-21-31(27)37-20-25-10-12-26(42-5)17-33(25)43-6/h9-19,21,23H,20,22H2,1-8H3,(H,37,40). The summed E-state index contributed by atoms with van der Waals surface area (Å²) in [6.45, 7) is 9.69. The van der Waals surface area contributed by atoms with Crippen LogP contribution in [0.1, 0.15) is 33.3 Å². The molecular formula is C35H42BrN5O4S. The number of ether oxygens (including phenoxy) is 3. The predicted octanol–water partition coefficient (Wildman–Crippen LogP) is 8.44. The third-order valence-corrected chi connectivity index (χ3v) is 12.4. The van der Waals surface area contributed by atoms with Gasteiger partial charge in [-0.1, -0.05) is 26.8 Å². The lowest BCUT2D eigenvalue weighted by Gasteiger charge is -2.45. The van der Waals surface area contributed by atoms with Gasteiger partial charge < -0.3 is 23.7 Å². The molecule has 11 heteroatoms. The molecule has 0 aliphatic carbocycles. The summed E-state index contributed by atoms with van der Waals surface area (Å²) in [5, 5.41) is 17.8. The molecule has 9 nitrogen and oxygen atoms in total. The first-order valence-corrected chi connectivity index (χ1v) is 18.1. The molecule has 46 heavy (non-hydrogen) atoms. The number of nitrogens with zero attached hydrogens (tertiary/aromatic N) is 4. The summed E-state index contributed by atoms with van der Waals surface area (Å²) in [7, 11) is 2.02. The smallest absolute Gasteiger partial charge is 0.135 e. The van der Waals surface area contributed by atoms with Gasteiger partial charge in [-0.15, -0.1) is 10.3 Å². The number of hydrogen-bond donors (Lipinski definition) is 1. The number of anilines is 1. The van der Waals surface area contributed by atoms with Crippen LogP contribution in [0.4, 0.5) is 5.69 Å². The highest BCUT2D eigenvalue weighted by atomic mass is 79.9. The van der Waals surface area contributed by atoms with Crippen molar-refractivity contribution in [2.75, 3.05) is 38.7 Å². The largest absolute Gasteiger partial charge is 0.497 e. The quantitative estimate of drug-likeness (QED) is 0.138. The van der Waals surface area contributed by atoms with Gasteiger partial charge in [-0.3, -0.25) is 0 Å². The zero-order valence-electron chi connectivity index (χ0n) is 27.6. The first-order valence-electron chi connectivity index (χ1n) is 15.0. The number of nitrogens with one attached hydrogen (secondary N) is 1. The fourth-order valence-corrected chi connectivity index (χ4v) is 6.46. The Morgan fingerprint density at radius 2 is 1.80 bits per heavy atom. The predicted molar refractivity (Wildman–Crippen MR) is 192 cm³/mol. The second-order valence-corrected chi connectivity index (χ2v) is 17.1. The number of fused-ring (bicyclic) bond motifs is 1. The summed E-state index contributed by atoms with van der Waals surface area (Å²) in [4.78, 5) is 0. The van der Waals surface area contributed by atoms with Crippen LogP contribution in [0.25, 0.3) is 27.7 Å². The van der Waals surface area contributed by atoms with Gasteiger partial charge in [0.15, 0.2) is 0 Å². The number of aromatic nitrogens is 4. The molecule has 0 bridgehead atoms. The Morgan fingerprint density at radius 1 is 1.00 bits per heavy atom. The van der Waals surface area contributed by atoms with E-state index in [1.807, 2.05) is 47.3 Å². The van der Waals surface area contributed by atoms with Crippen LogP contribution in [0.3, 0.4) is 0 Å². The zero-order chi connectivity index (χ0) is 33.1. The Balaban J connectivity index is 1.42. The van der Waals surface area contributed by atoms with Gasteiger partial charge in [0.25, 0.3) is 0 Å². The molecule has 0 aliphatic heterocycles. The third-order valence-electron chi connectivity index (χ3n) is 8.07. The van der Waals surface area contributed by atoms with Gasteiger partial charge in [0.2, 0.25) is 0 Å². The van der Waals surface area contributed by atoms with E-state index < -0.39 is 10.3 Å². The van der Waals surface area contributed by atoms with Gasteiger partial charge in [0.05, 0.1) is 41.8 Å². The molecule has 0 saturated carbocycles. The van der Waals surface area contributed by atoms with E-state index in [1.165, 1.54) is 0 Å². The summed E-state index contributed by atoms with van der Waals surface area (Å²) in [5.74, 6) is 2.21. The second-order valence-electron chi connectivity index (χ2n) is 12.3. The molecule has 1 atom stereocenters. The van der Waals surface area contributed by atoms with Crippen molar-refractivity contribution in [2.24, 2.45) is 0 Å². The normalized spacial score (nSPS) is 13.0. The van der Waals surface area contributed by atoms with Crippen LogP contribution in [-0.4, -0.2) is 64.2 Å². The third kappa shape index (κ3) is 7.43. The fourth-order valence-electron chi connectivity index (χ4n) is 4.83. The van der Waals surface area contributed by atoms with Gasteiger partial charge >= 0.3 is 0 Å². The summed E-state index contributed by atoms with van der Waals surface area (Å²) < 4.78 is 26.4. The molecular weight excluding hydrogens is 666 g/mol. The van der Waals surface area contributed by atoms with Crippen molar-refractivity contribution in [3.8, 4) is 34.1 Å². The lowest BCUT2D eigenvalue weighted by atomic mass is 10.0. The van der Waals surface area contributed by atoms with Gasteiger partial charge in [-0.25, -0.2) is 4.68 Å². The average molecular weight is 709 g/mol. The Morgan fingerprint density at radius 3 is 2.50 bits per heavy atom. The molecule has 0 radical (unpaired) electrons. The van der Waals surface area contributed by atoms with E-state index in [4.69, 9.17) is 18.4 Å². The van der Waals surface area contributed by atoms with Crippen molar-refractivity contribution in [3.63, 3.8) is 0 Å². The van der Waals surface area contributed by atoms with E-state index in [1.54, 1.807) is 26.6 Å². The average Bonchev–Trinajstić information content (AvgIpc) is 3.57. The van der Waals surface area contributed by atoms with Crippen LogP contribution in [0, 0.1) is 0 Å². The minimum Gasteiger partial charge on any atom is -0.497 e. The molecule has 0 spiro atoms. The van der Waals surface area contributed by atoms with Gasteiger partial charge in [0.1, 0.15) is 30.0 Å². The highest BCUT2D eigenvalue weighted by molar-refractivity contribution is 9.10. The molecule has 0 saturated heterocycles. The lowest BCUT2D eigenvalue weighted by molar-refractivity contribution is 0.156. The van der Waals surface area contributed by atoms with Crippen molar-refractivity contribution in [1.82, 2.24) is 20.0 Å². The molecule has 0 fully saturated rings. The van der Waals surface area contributed by atoms with E-state index in [2.05, 4.69) is 94.9 Å². The van der Waals surface area contributed by atoms with Crippen LogP contribution in [0.5, 0.6) is 17.2 Å². The minimum absolute atomic E-state index is 0.0713. The first kappa shape index (κ1) is 33.6. The number of hydrogen-bond acceptors (Lipinski definition) is 8. The van der Waals surface area contributed by atoms with E-state index in [0.717, 1.165) is 54.9 Å². The molecule has 2 aromatic heterocycles. The maximum atomic E-state index is 6.47. The maximum Gasteiger partial charge on any atom is 0.135 e. The Bertz CT molecular complexity index is 1810. The maximum absolute atomic E-state index is 6.47. The van der Waals surface area contributed by atoms with Crippen molar-refractivity contribution in [3.05, 3.63) is 83.2 Å². The van der Waals surface area contributed by atoms with Crippen molar-refractivity contribution < 1.29 is 18.4 Å². The zero-order valence-corrected chi connectivity index (χ0v) is 30.0. The van der Waals surface area contributed by atoms with Gasteiger partial charge in [-0.2, -0.15) is 15.3 Å². The molecule has 1 unspecified atom stereocenters. The lowest BCUT2D eigenvalue weighted by Crippen LogP contribution is -2.30. The Labute approximate surface area is 281 Å². The van der Waals surface area contributed by atoms with Crippen LogP contribution in [0.2, 0.25) is 0 Å². The molecule has 1 N–H and O–H groups in total. The highest BCUT2D eigenvalue weighted by Crippen LogP contribution is 2.54. The first-order chi connectivity index (χ1) is 21.9. The van der Waals surface area contributed by atoms with Crippen LogP contribution in [0.15, 0.2) is 77.7 Å². The van der Waals surface area contributed by atoms with Crippen molar-refractivity contribution >= 4 is 42.8 Å². The van der Waals surface area contributed by atoms with E-state index >= 15 is 0 Å². The molecule has 3 aromatic carbocycles. The molecule has 5 aromatic rings. The second kappa shape index (κ2) is 13.9. The summed E-state index contributed by atoms with van der Waals surface area (Å²) in [5.41, 5.74) is 5.46. The van der Waals surface area contributed by atoms with Crippen LogP contribution in [-0.2, 0) is 10.7 Å². The van der Waals surface area contributed by atoms with Crippen molar-refractivity contribution in [1.29, 1.82) is 0 Å². The number of rotatable bonds is 12. The topological polar surface area (TPSA) is 92.6 Å². The number of halogens is 1. The monoisotopic (exact) mass is 707 g/mol.